The lowest BCUT2D eigenvalue weighted by Gasteiger charge is -2.33. The molecule has 21 heavy (non-hydrogen) atoms. The number of sulfone groups is 1. The maximum atomic E-state index is 12.9. The molecule has 1 unspecified atom stereocenters. The fraction of sp³-hybridized carbons (Fsp3) is 0.500. The van der Waals surface area contributed by atoms with Crippen LogP contribution in [0.5, 0.6) is 0 Å². The van der Waals surface area contributed by atoms with Crippen molar-refractivity contribution in [2.45, 2.75) is 12.5 Å². The molecule has 1 amide bonds. The summed E-state index contributed by atoms with van der Waals surface area (Å²) < 4.78 is 40.7. The summed E-state index contributed by atoms with van der Waals surface area (Å²) in [5.74, 6) is -0.670. The molecule has 1 saturated heterocycles. The minimum absolute atomic E-state index is 0.0189. The summed E-state index contributed by atoms with van der Waals surface area (Å²) in [5, 5.41) is 0. The molecule has 0 spiro atoms. The van der Waals surface area contributed by atoms with Gasteiger partial charge in [0.25, 0.3) is 0 Å². The van der Waals surface area contributed by atoms with Crippen LogP contribution in [0.4, 0.5) is 4.39 Å². The van der Waals surface area contributed by atoms with E-state index in [1.165, 1.54) is 12.1 Å². The normalized spacial score (nSPS) is 19.5. The molecule has 1 fully saturated rings. The fourth-order valence-corrected chi connectivity index (χ4v) is 2.73. The Morgan fingerprint density at radius 1 is 1.38 bits per heavy atom. The number of halogens is 1. The molecule has 116 valence electrons. The van der Waals surface area contributed by atoms with Crippen LogP contribution in [0.3, 0.4) is 0 Å². The minimum atomic E-state index is -3.15. The standard InChI is InChI=1S/C14H18FNO4S/c1-21(18,19)9-6-14(17)16-7-8-20-13(10-16)11-2-4-12(15)5-3-11/h2-5,13H,6-10H2,1H3. The zero-order valence-corrected chi connectivity index (χ0v) is 12.6. The maximum Gasteiger partial charge on any atom is 0.223 e. The highest BCUT2D eigenvalue weighted by Gasteiger charge is 2.25. The highest BCUT2D eigenvalue weighted by Crippen LogP contribution is 2.22. The van der Waals surface area contributed by atoms with Crippen molar-refractivity contribution < 1.29 is 22.3 Å². The molecular formula is C14H18FNO4S. The Hall–Kier alpha value is -1.47. The molecule has 7 heteroatoms. The van der Waals surface area contributed by atoms with Crippen molar-refractivity contribution in [3.63, 3.8) is 0 Å². The van der Waals surface area contributed by atoms with Crippen LogP contribution < -0.4 is 0 Å². The zero-order chi connectivity index (χ0) is 15.5. The molecule has 1 aromatic carbocycles. The third-order valence-corrected chi connectivity index (χ3v) is 4.29. The first-order valence-electron chi connectivity index (χ1n) is 6.68. The van der Waals surface area contributed by atoms with Crippen LogP contribution in [0.25, 0.3) is 0 Å². The van der Waals surface area contributed by atoms with Crippen LogP contribution >= 0.6 is 0 Å². The molecule has 1 aliphatic heterocycles. The van der Waals surface area contributed by atoms with Crippen molar-refractivity contribution in [3.8, 4) is 0 Å². The van der Waals surface area contributed by atoms with E-state index in [-0.39, 0.29) is 30.0 Å². The van der Waals surface area contributed by atoms with Crippen molar-refractivity contribution in [2.24, 2.45) is 0 Å². The minimum Gasteiger partial charge on any atom is -0.370 e. The van der Waals surface area contributed by atoms with Crippen LogP contribution in [0.15, 0.2) is 24.3 Å². The van der Waals surface area contributed by atoms with Gasteiger partial charge in [0.05, 0.1) is 18.9 Å². The number of morpholine rings is 1. The molecule has 0 N–H and O–H groups in total. The zero-order valence-electron chi connectivity index (χ0n) is 11.8. The first-order valence-corrected chi connectivity index (χ1v) is 8.74. The molecule has 2 rings (SSSR count). The van der Waals surface area contributed by atoms with Crippen LogP contribution in [0, 0.1) is 5.82 Å². The van der Waals surface area contributed by atoms with E-state index in [0.717, 1.165) is 11.8 Å². The van der Waals surface area contributed by atoms with E-state index in [1.54, 1.807) is 17.0 Å². The molecule has 0 aromatic heterocycles. The average molecular weight is 315 g/mol. The summed E-state index contributed by atoms with van der Waals surface area (Å²) >= 11 is 0. The van der Waals surface area contributed by atoms with Gasteiger partial charge in [-0.05, 0) is 17.7 Å². The van der Waals surface area contributed by atoms with E-state index in [0.29, 0.717) is 19.7 Å². The van der Waals surface area contributed by atoms with Gasteiger partial charge in [-0.1, -0.05) is 12.1 Å². The third-order valence-electron chi connectivity index (χ3n) is 3.35. The SMILES string of the molecule is CS(=O)(=O)CCC(=O)N1CCOC(c2ccc(F)cc2)C1. The van der Waals surface area contributed by atoms with Crippen molar-refractivity contribution in [3.05, 3.63) is 35.6 Å². The van der Waals surface area contributed by atoms with Crippen molar-refractivity contribution in [1.29, 1.82) is 0 Å². The molecule has 0 bridgehead atoms. The van der Waals surface area contributed by atoms with E-state index in [1.807, 2.05) is 0 Å². The molecule has 0 radical (unpaired) electrons. The second-order valence-corrected chi connectivity index (χ2v) is 7.39. The Morgan fingerprint density at radius 3 is 2.67 bits per heavy atom. The Balaban J connectivity index is 1.97. The Bertz CT molecular complexity index is 600. The summed E-state index contributed by atoms with van der Waals surface area (Å²) in [6, 6.07) is 5.96. The molecule has 1 aliphatic rings. The Labute approximate surface area is 123 Å². The van der Waals surface area contributed by atoms with Gasteiger partial charge < -0.3 is 9.64 Å². The number of hydrogen-bond acceptors (Lipinski definition) is 4. The summed E-state index contributed by atoms with van der Waals surface area (Å²) in [5.41, 5.74) is 0.803. The first kappa shape index (κ1) is 15.9. The summed E-state index contributed by atoms with van der Waals surface area (Å²) in [6.45, 7) is 1.18. The van der Waals surface area contributed by atoms with E-state index < -0.39 is 9.84 Å². The maximum absolute atomic E-state index is 12.9. The number of carbonyl (C=O) groups excluding carboxylic acids is 1. The van der Waals surface area contributed by atoms with E-state index >= 15 is 0 Å². The van der Waals surface area contributed by atoms with Gasteiger partial charge in [-0.25, -0.2) is 12.8 Å². The first-order chi connectivity index (χ1) is 9.85. The predicted octanol–water partition coefficient (Wildman–Crippen LogP) is 1.16. The van der Waals surface area contributed by atoms with Crippen LogP contribution in [-0.2, 0) is 19.4 Å². The van der Waals surface area contributed by atoms with Crippen molar-refractivity contribution >= 4 is 15.7 Å². The lowest BCUT2D eigenvalue weighted by atomic mass is 10.1. The van der Waals surface area contributed by atoms with Gasteiger partial charge in [0.15, 0.2) is 0 Å². The summed E-state index contributed by atoms with van der Waals surface area (Å²) in [4.78, 5) is 13.6. The average Bonchev–Trinajstić information content (AvgIpc) is 2.45. The van der Waals surface area contributed by atoms with Gasteiger partial charge in [0, 0.05) is 19.2 Å². The number of hydrogen-bond donors (Lipinski definition) is 0. The van der Waals surface area contributed by atoms with E-state index in [4.69, 9.17) is 4.74 Å². The summed E-state index contributed by atoms with van der Waals surface area (Å²) in [7, 11) is -3.15. The van der Waals surface area contributed by atoms with Gasteiger partial charge in [-0.2, -0.15) is 0 Å². The van der Waals surface area contributed by atoms with Gasteiger partial charge in [-0.15, -0.1) is 0 Å². The molecule has 1 atom stereocenters. The number of ether oxygens (including phenoxy) is 1. The molecule has 1 aromatic rings. The second-order valence-electron chi connectivity index (χ2n) is 5.13. The lowest BCUT2D eigenvalue weighted by molar-refractivity contribution is -0.138. The summed E-state index contributed by atoms with van der Waals surface area (Å²) in [6.07, 6.45) is 0.789. The third kappa shape index (κ3) is 4.78. The van der Waals surface area contributed by atoms with Crippen molar-refractivity contribution in [2.75, 3.05) is 31.7 Å². The fourth-order valence-electron chi connectivity index (χ4n) is 2.19. The largest absolute Gasteiger partial charge is 0.370 e. The Morgan fingerprint density at radius 2 is 2.05 bits per heavy atom. The van der Waals surface area contributed by atoms with Gasteiger partial charge >= 0.3 is 0 Å². The number of nitrogens with zero attached hydrogens (tertiary/aromatic N) is 1. The van der Waals surface area contributed by atoms with Gasteiger partial charge in [-0.3, -0.25) is 4.79 Å². The number of rotatable bonds is 4. The molecular weight excluding hydrogens is 297 g/mol. The van der Waals surface area contributed by atoms with Crippen LogP contribution in [0.1, 0.15) is 18.1 Å². The predicted molar refractivity (Wildman–Crippen MR) is 76.0 cm³/mol. The number of carbonyl (C=O) groups is 1. The Kier molecular flexibility index (Phi) is 4.95. The smallest absolute Gasteiger partial charge is 0.223 e. The van der Waals surface area contributed by atoms with Gasteiger partial charge in [0.2, 0.25) is 5.91 Å². The number of amides is 1. The second kappa shape index (κ2) is 6.53. The molecule has 1 heterocycles. The lowest BCUT2D eigenvalue weighted by Crippen LogP contribution is -2.42. The monoisotopic (exact) mass is 315 g/mol. The van der Waals surface area contributed by atoms with Crippen molar-refractivity contribution in [1.82, 2.24) is 4.90 Å². The number of benzene rings is 1. The quantitative estimate of drug-likeness (QED) is 0.836. The molecule has 5 nitrogen and oxygen atoms in total. The van der Waals surface area contributed by atoms with Crippen LogP contribution in [0.2, 0.25) is 0 Å². The molecule has 0 aliphatic carbocycles. The van der Waals surface area contributed by atoms with Crippen LogP contribution in [-0.4, -0.2) is 50.9 Å². The molecule has 0 saturated carbocycles. The van der Waals surface area contributed by atoms with Gasteiger partial charge in [0.1, 0.15) is 21.8 Å². The van der Waals surface area contributed by atoms with E-state index in [9.17, 15) is 17.6 Å². The van der Waals surface area contributed by atoms with E-state index in [2.05, 4.69) is 0 Å². The topological polar surface area (TPSA) is 63.7 Å². The highest BCUT2D eigenvalue weighted by molar-refractivity contribution is 7.90. The highest BCUT2D eigenvalue weighted by atomic mass is 32.2.